The molecule has 1 fully saturated rings. The predicted octanol–water partition coefficient (Wildman–Crippen LogP) is 3.64. The molecule has 1 aliphatic heterocycles. The first kappa shape index (κ1) is 25.5. The molecule has 1 heterocycles. The first-order valence-corrected chi connectivity index (χ1v) is 11.9. The van der Waals surface area contributed by atoms with Crippen LogP contribution in [0, 0.1) is 0 Å². The Kier molecular flexibility index (Phi) is 9.73. The topological polar surface area (TPSA) is 91.9 Å². The summed E-state index contributed by atoms with van der Waals surface area (Å²) in [6.07, 6.45) is 2.14. The van der Waals surface area contributed by atoms with Crippen molar-refractivity contribution in [1.29, 1.82) is 0 Å². The Labute approximate surface area is 202 Å². The van der Waals surface area contributed by atoms with Crippen molar-refractivity contribution < 1.29 is 19.1 Å². The van der Waals surface area contributed by atoms with Crippen molar-refractivity contribution in [2.75, 3.05) is 38.7 Å². The van der Waals surface area contributed by atoms with E-state index in [0.29, 0.717) is 30.4 Å². The van der Waals surface area contributed by atoms with E-state index in [9.17, 15) is 9.59 Å². The van der Waals surface area contributed by atoms with Gasteiger partial charge in [0.1, 0.15) is 12.4 Å². The maximum absolute atomic E-state index is 12.5. The summed E-state index contributed by atoms with van der Waals surface area (Å²) in [4.78, 5) is 26.6. The zero-order valence-electron chi connectivity index (χ0n) is 20.3. The maximum Gasteiger partial charge on any atom is 0.319 e. The number of hydrogen-bond donors (Lipinski definition) is 3. The second-order valence-corrected chi connectivity index (χ2v) is 8.83. The molecule has 184 valence electrons. The van der Waals surface area contributed by atoms with Gasteiger partial charge in [-0.3, -0.25) is 9.69 Å². The second kappa shape index (κ2) is 13.0. The van der Waals surface area contributed by atoms with Crippen LogP contribution in [0.2, 0.25) is 0 Å². The SMILES string of the molecule is CC(C)NC(=O)Nc1ccc(C(=O)NCc2cccc(OCCN(C)C3CCOCC3)c2)cc1. The lowest BCUT2D eigenvalue weighted by Crippen LogP contribution is -2.38. The molecular formula is C26H36N4O4. The van der Waals surface area contributed by atoms with Crippen LogP contribution in [0.5, 0.6) is 5.75 Å². The minimum absolute atomic E-state index is 0.0485. The van der Waals surface area contributed by atoms with E-state index in [1.54, 1.807) is 24.3 Å². The Balaban J connectivity index is 1.43. The van der Waals surface area contributed by atoms with Crippen LogP contribution in [0.15, 0.2) is 48.5 Å². The fraction of sp³-hybridized carbons (Fsp3) is 0.462. The van der Waals surface area contributed by atoms with Crippen LogP contribution in [-0.4, -0.2) is 62.3 Å². The highest BCUT2D eigenvalue weighted by molar-refractivity contribution is 5.95. The molecule has 3 N–H and O–H groups in total. The lowest BCUT2D eigenvalue weighted by atomic mass is 10.1. The van der Waals surface area contributed by atoms with Gasteiger partial charge in [0.25, 0.3) is 5.91 Å². The Morgan fingerprint density at radius 3 is 2.56 bits per heavy atom. The number of nitrogens with one attached hydrogen (secondary N) is 3. The summed E-state index contributed by atoms with van der Waals surface area (Å²) in [5, 5.41) is 8.43. The number of amides is 3. The van der Waals surface area contributed by atoms with Gasteiger partial charge in [0, 0.05) is 49.6 Å². The smallest absolute Gasteiger partial charge is 0.319 e. The summed E-state index contributed by atoms with van der Waals surface area (Å²) in [6, 6.07) is 14.9. The van der Waals surface area contributed by atoms with Gasteiger partial charge in [0.2, 0.25) is 0 Å². The van der Waals surface area contributed by atoms with Gasteiger partial charge >= 0.3 is 6.03 Å². The third kappa shape index (κ3) is 8.35. The molecule has 0 saturated carbocycles. The number of ether oxygens (including phenoxy) is 2. The highest BCUT2D eigenvalue weighted by atomic mass is 16.5. The van der Waals surface area contributed by atoms with Crippen LogP contribution >= 0.6 is 0 Å². The molecule has 34 heavy (non-hydrogen) atoms. The van der Waals surface area contributed by atoms with Crippen molar-refractivity contribution in [3.8, 4) is 5.75 Å². The second-order valence-electron chi connectivity index (χ2n) is 8.83. The molecular weight excluding hydrogens is 432 g/mol. The summed E-state index contributed by atoms with van der Waals surface area (Å²) in [5.74, 6) is 0.616. The number of carbonyl (C=O) groups is 2. The normalized spacial score (nSPS) is 14.1. The summed E-state index contributed by atoms with van der Waals surface area (Å²) in [6.45, 7) is 7.31. The van der Waals surface area contributed by atoms with Crippen LogP contribution in [0.25, 0.3) is 0 Å². The van der Waals surface area contributed by atoms with E-state index in [4.69, 9.17) is 9.47 Å². The van der Waals surface area contributed by atoms with E-state index in [1.165, 1.54) is 0 Å². The van der Waals surface area contributed by atoms with Crippen molar-refractivity contribution in [1.82, 2.24) is 15.5 Å². The molecule has 3 amide bonds. The zero-order chi connectivity index (χ0) is 24.3. The predicted molar refractivity (Wildman–Crippen MR) is 133 cm³/mol. The highest BCUT2D eigenvalue weighted by Gasteiger charge is 2.18. The molecule has 0 atom stereocenters. The van der Waals surface area contributed by atoms with Gasteiger partial charge in [0.15, 0.2) is 0 Å². The number of nitrogens with zero attached hydrogens (tertiary/aromatic N) is 1. The molecule has 0 bridgehead atoms. The van der Waals surface area contributed by atoms with E-state index >= 15 is 0 Å². The molecule has 0 radical (unpaired) electrons. The van der Waals surface area contributed by atoms with Crippen LogP contribution in [-0.2, 0) is 11.3 Å². The van der Waals surface area contributed by atoms with Crippen molar-refractivity contribution in [2.45, 2.75) is 45.3 Å². The molecule has 2 aromatic rings. The van der Waals surface area contributed by atoms with Crippen molar-refractivity contribution >= 4 is 17.6 Å². The summed E-state index contributed by atoms with van der Waals surface area (Å²) in [7, 11) is 2.13. The molecule has 8 nitrogen and oxygen atoms in total. The summed E-state index contributed by atoms with van der Waals surface area (Å²) in [5.41, 5.74) is 2.12. The third-order valence-corrected chi connectivity index (χ3v) is 5.70. The number of urea groups is 1. The Hall–Kier alpha value is -3.10. The maximum atomic E-state index is 12.5. The van der Waals surface area contributed by atoms with Crippen LogP contribution in [0.1, 0.15) is 42.6 Å². The molecule has 1 aliphatic rings. The molecule has 0 unspecified atom stereocenters. The van der Waals surface area contributed by atoms with Gasteiger partial charge in [-0.15, -0.1) is 0 Å². The number of anilines is 1. The molecule has 3 rings (SSSR count). The standard InChI is InChI=1S/C26H36N4O4/c1-19(2)28-26(32)29-22-9-7-21(8-10-22)25(31)27-18-20-5-4-6-24(17-20)34-16-13-30(3)23-11-14-33-15-12-23/h4-10,17,19,23H,11-16,18H2,1-3H3,(H,27,31)(H2,28,29,32). The molecule has 2 aromatic carbocycles. The van der Waals surface area contributed by atoms with E-state index in [0.717, 1.165) is 43.9 Å². The number of likely N-dealkylation sites (N-methyl/N-ethyl adjacent to an activating group) is 1. The van der Waals surface area contributed by atoms with Crippen LogP contribution in [0.3, 0.4) is 0 Å². The van der Waals surface area contributed by atoms with Crippen molar-refractivity contribution in [3.05, 3.63) is 59.7 Å². The van der Waals surface area contributed by atoms with E-state index in [2.05, 4.69) is 27.9 Å². The number of hydrogen-bond acceptors (Lipinski definition) is 5. The van der Waals surface area contributed by atoms with Gasteiger partial charge in [-0.05, 0) is 75.7 Å². The van der Waals surface area contributed by atoms with E-state index < -0.39 is 0 Å². The van der Waals surface area contributed by atoms with E-state index in [-0.39, 0.29) is 18.0 Å². The first-order chi connectivity index (χ1) is 16.4. The van der Waals surface area contributed by atoms with Gasteiger partial charge in [0.05, 0.1) is 0 Å². The summed E-state index contributed by atoms with van der Waals surface area (Å²) >= 11 is 0. The quantitative estimate of drug-likeness (QED) is 0.495. The Bertz CT molecular complexity index is 927. The fourth-order valence-electron chi connectivity index (χ4n) is 3.78. The van der Waals surface area contributed by atoms with Crippen molar-refractivity contribution in [2.24, 2.45) is 0 Å². The average Bonchev–Trinajstić information content (AvgIpc) is 2.83. The minimum atomic E-state index is -0.274. The van der Waals surface area contributed by atoms with Gasteiger partial charge in [-0.25, -0.2) is 4.79 Å². The number of rotatable bonds is 10. The Morgan fingerprint density at radius 1 is 1.12 bits per heavy atom. The van der Waals surface area contributed by atoms with Crippen LogP contribution in [0.4, 0.5) is 10.5 Å². The number of benzene rings is 2. The Morgan fingerprint density at radius 2 is 1.85 bits per heavy atom. The molecule has 0 aliphatic carbocycles. The van der Waals surface area contributed by atoms with Gasteiger partial charge in [-0.2, -0.15) is 0 Å². The third-order valence-electron chi connectivity index (χ3n) is 5.70. The van der Waals surface area contributed by atoms with E-state index in [1.807, 2.05) is 38.1 Å². The lowest BCUT2D eigenvalue weighted by molar-refractivity contribution is 0.0392. The molecule has 0 aromatic heterocycles. The minimum Gasteiger partial charge on any atom is -0.492 e. The van der Waals surface area contributed by atoms with Crippen LogP contribution < -0.4 is 20.7 Å². The monoisotopic (exact) mass is 468 g/mol. The molecule has 0 spiro atoms. The zero-order valence-corrected chi connectivity index (χ0v) is 20.3. The van der Waals surface area contributed by atoms with Gasteiger partial charge < -0.3 is 25.4 Å². The highest BCUT2D eigenvalue weighted by Crippen LogP contribution is 2.16. The first-order valence-electron chi connectivity index (χ1n) is 11.9. The summed E-state index contributed by atoms with van der Waals surface area (Å²) < 4.78 is 11.4. The largest absolute Gasteiger partial charge is 0.492 e. The van der Waals surface area contributed by atoms with Crippen molar-refractivity contribution in [3.63, 3.8) is 0 Å². The average molecular weight is 469 g/mol. The molecule has 8 heteroatoms. The van der Waals surface area contributed by atoms with Gasteiger partial charge in [-0.1, -0.05) is 12.1 Å². The fourth-order valence-corrected chi connectivity index (χ4v) is 3.78. The number of carbonyl (C=O) groups excluding carboxylic acids is 2. The lowest BCUT2D eigenvalue weighted by Gasteiger charge is -2.31. The molecule has 1 saturated heterocycles.